The summed E-state index contributed by atoms with van der Waals surface area (Å²) in [5.74, 6) is -0.659. The Morgan fingerprint density at radius 3 is 2.22 bits per heavy atom. The summed E-state index contributed by atoms with van der Waals surface area (Å²) >= 11 is 0. The molecule has 5 aromatic rings. The van der Waals surface area contributed by atoms with E-state index in [2.05, 4.69) is 10.3 Å². The van der Waals surface area contributed by atoms with E-state index in [9.17, 15) is 32.0 Å². The highest BCUT2D eigenvalue weighted by Gasteiger charge is 2.29. The van der Waals surface area contributed by atoms with Crippen LogP contribution in [0, 0.1) is 17.3 Å². The van der Waals surface area contributed by atoms with Gasteiger partial charge in [-0.05, 0) is 48.0 Å². The third-order valence-electron chi connectivity index (χ3n) is 8.62. The van der Waals surface area contributed by atoms with Crippen LogP contribution < -0.4 is 9.62 Å². The summed E-state index contributed by atoms with van der Waals surface area (Å²) in [5, 5.41) is 12.2. The standard InChI is InChI=1S/C37H32F2N6O5S/c1-41-36(46)33-30-20-29(31(45(22-38)51(2,48)49)21-32(30)50-34(33)24-11-13-28(39)14-12-24)26-9-6-10-27(19-26)37(47)44-17-15-43(16-18-44)35(42-23-40)25-7-4-3-5-8-25/h3-14,19-21H,15-18,22H2,1-2H3,(H,41,46). The zero-order valence-corrected chi connectivity index (χ0v) is 28.5. The van der Waals surface area contributed by atoms with Gasteiger partial charge in [-0.1, -0.05) is 42.5 Å². The number of furan rings is 1. The number of alkyl halides is 1. The van der Waals surface area contributed by atoms with Gasteiger partial charge in [0.25, 0.3) is 11.8 Å². The van der Waals surface area contributed by atoms with E-state index in [0.717, 1.165) is 11.8 Å². The van der Waals surface area contributed by atoms with E-state index >= 15 is 0 Å². The van der Waals surface area contributed by atoms with Gasteiger partial charge in [0.1, 0.15) is 23.0 Å². The first-order valence-corrected chi connectivity index (χ1v) is 17.7. The minimum Gasteiger partial charge on any atom is -0.455 e. The molecule has 1 saturated heterocycles. The third kappa shape index (κ3) is 7.01. The van der Waals surface area contributed by atoms with Crippen LogP contribution in [0.3, 0.4) is 0 Å². The van der Waals surface area contributed by atoms with Crippen molar-refractivity contribution in [1.29, 1.82) is 5.26 Å². The maximum absolute atomic E-state index is 14.5. The number of anilines is 1. The molecule has 2 heterocycles. The molecule has 0 bridgehead atoms. The number of hydrogen-bond donors (Lipinski definition) is 1. The van der Waals surface area contributed by atoms with Crippen LogP contribution in [0.5, 0.6) is 0 Å². The summed E-state index contributed by atoms with van der Waals surface area (Å²) in [6.45, 7) is 0.158. The van der Waals surface area contributed by atoms with Crippen LogP contribution in [0.1, 0.15) is 26.3 Å². The zero-order chi connectivity index (χ0) is 36.3. The number of halogens is 2. The van der Waals surface area contributed by atoms with Crippen molar-refractivity contribution < 1.29 is 31.2 Å². The number of fused-ring (bicyclic) bond motifs is 1. The fourth-order valence-corrected chi connectivity index (χ4v) is 6.82. The van der Waals surface area contributed by atoms with Gasteiger partial charge in [0.05, 0.1) is 17.5 Å². The van der Waals surface area contributed by atoms with Gasteiger partial charge < -0.3 is 19.5 Å². The number of amides is 2. The summed E-state index contributed by atoms with van der Waals surface area (Å²) < 4.78 is 60.6. The average Bonchev–Trinajstić information content (AvgIpc) is 3.52. The van der Waals surface area contributed by atoms with E-state index in [4.69, 9.17) is 4.42 Å². The lowest BCUT2D eigenvalue weighted by molar-refractivity contribution is 0.0692. The summed E-state index contributed by atoms with van der Waals surface area (Å²) in [7, 11) is -2.70. The number of rotatable bonds is 8. The normalized spacial score (nSPS) is 13.6. The molecule has 6 rings (SSSR count). The molecule has 11 nitrogen and oxygen atoms in total. The smallest absolute Gasteiger partial charge is 0.255 e. The van der Waals surface area contributed by atoms with Crippen molar-refractivity contribution in [2.45, 2.75) is 0 Å². The Morgan fingerprint density at radius 1 is 0.922 bits per heavy atom. The SMILES string of the molecule is CNC(=O)c1c(-c2ccc(F)cc2)oc2cc(N(CF)S(C)(=O)=O)c(-c3cccc(C(=O)N4CCN(C(=NC#N)c5ccccc5)CC4)c3)cc12. The van der Waals surface area contributed by atoms with Gasteiger partial charge in [-0.15, -0.1) is 0 Å². The van der Waals surface area contributed by atoms with Gasteiger partial charge in [-0.3, -0.25) is 9.59 Å². The Bertz CT molecular complexity index is 2300. The molecule has 51 heavy (non-hydrogen) atoms. The number of sulfonamides is 1. The van der Waals surface area contributed by atoms with Crippen LogP contribution in [0.4, 0.5) is 14.5 Å². The molecule has 0 saturated carbocycles. The molecule has 0 atom stereocenters. The first kappa shape index (κ1) is 34.8. The minimum absolute atomic E-state index is 0.0706. The Kier molecular flexibility index (Phi) is 9.83. The van der Waals surface area contributed by atoms with Gasteiger partial charge >= 0.3 is 0 Å². The highest BCUT2D eigenvalue weighted by atomic mass is 32.2. The second kappa shape index (κ2) is 14.4. The highest BCUT2D eigenvalue weighted by molar-refractivity contribution is 7.92. The topological polar surface area (TPSA) is 139 Å². The number of nitrogens with zero attached hydrogens (tertiary/aromatic N) is 5. The van der Waals surface area contributed by atoms with Gasteiger partial charge in [0.15, 0.2) is 6.80 Å². The Hall–Kier alpha value is -6.07. The summed E-state index contributed by atoms with van der Waals surface area (Å²) in [4.78, 5) is 34.7. The van der Waals surface area contributed by atoms with Gasteiger partial charge in [0, 0.05) is 66.9 Å². The number of carbonyl (C=O) groups excluding carboxylic acids is 2. The lowest BCUT2D eigenvalue weighted by Gasteiger charge is -2.36. The zero-order valence-electron chi connectivity index (χ0n) is 27.6. The third-order valence-corrected chi connectivity index (χ3v) is 9.71. The number of piperazine rings is 1. The predicted molar refractivity (Wildman–Crippen MR) is 190 cm³/mol. The Balaban J connectivity index is 1.39. The molecule has 2 amide bonds. The van der Waals surface area contributed by atoms with E-state index in [0.29, 0.717) is 58.4 Å². The number of nitrogens with one attached hydrogen (secondary N) is 1. The maximum Gasteiger partial charge on any atom is 0.255 e. The first-order chi connectivity index (χ1) is 24.5. The van der Waals surface area contributed by atoms with E-state index < -0.39 is 28.5 Å². The van der Waals surface area contributed by atoms with Crippen LogP contribution in [0.15, 0.2) is 100 Å². The predicted octanol–water partition coefficient (Wildman–Crippen LogP) is 5.64. The van der Waals surface area contributed by atoms with Crippen molar-refractivity contribution in [1.82, 2.24) is 15.1 Å². The Morgan fingerprint density at radius 2 is 1.59 bits per heavy atom. The van der Waals surface area contributed by atoms with Gasteiger partial charge in [-0.25, -0.2) is 21.5 Å². The maximum atomic E-state index is 14.5. The van der Waals surface area contributed by atoms with Gasteiger partial charge in [-0.2, -0.15) is 10.3 Å². The number of hydrogen-bond acceptors (Lipinski definition) is 7. The molecule has 1 fully saturated rings. The first-order valence-electron chi connectivity index (χ1n) is 15.8. The van der Waals surface area contributed by atoms with Crippen molar-refractivity contribution in [3.63, 3.8) is 0 Å². The molecule has 0 radical (unpaired) electrons. The minimum atomic E-state index is -4.14. The van der Waals surface area contributed by atoms with Crippen molar-refractivity contribution in [2.24, 2.45) is 4.99 Å². The molecule has 260 valence electrons. The molecule has 1 aliphatic heterocycles. The average molecular weight is 711 g/mol. The number of benzene rings is 4. The molecule has 1 N–H and O–H groups in total. The molecular formula is C37H32F2N6O5S. The number of aliphatic imine (C=N–C) groups is 1. The molecule has 1 aliphatic rings. The second-order valence-electron chi connectivity index (χ2n) is 11.8. The van der Waals surface area contributed by atoms with Crippen molar-refractivity contribution in [3.8, 4) is 28.6 Å². The monoisotopic (exact) mass is 710 g/mol. The molecule has 0 unspecified atom stereocenters. The van der Waals surface area contributed by atoms with Crippen molar-refractivity contribution in [3.05, 3.63) is 114 Å². The largest absolute Gasteiger partial charge is 0.455 e. The summed E-state index contributed by atoms with van der Waals surface area (Å²) in [5.41, 5.74) is 2.23. The summed E-state index contributed by atoms with van der Waals surface area (Å²) in [6, 6.07) is 24.0. The summed E-state index contributed by atoms with van der Waals surface area (Å²) in [6.07, 6.45) is 2.73. The van der Waals surface area contributed by atoms with E-state index in [-0.39, 0.29) is 34.1 Å². The quantitative estimate of drug-likeness (QED) is 0.0952. The van der Waals surface area contributed by atoms with Crippen LogP contribution >= 0.6 is 0 Å². The highest BCUT2D eigenvalue weighted by Crippen LogP contribution is 2.42. The second-order valence-corrected chi connectivity index (χ2v) is 13.7. The Labute approximate surface area is 293 Å². The lowest BCUT2D eigenvalue weighted by atomic mass is 9.97. The molecule has 0 spiro atoms. The van der Waals surface area contributed by atoms with Crippen LogP contribution in [-0.2, 0) is 10.0 Å². The fourth-order valence-electron chi connectivity index (χ4n) is 6.13. The van der Waals surface area contributed by atoms with E-state index in [1.54, 1.807) is 29.2 Å². The van der Waals surface area contributed by atoms with Crippen LogP contribution in [0.25, 0.3) is 33.4 Å². The van der Waals surface area contributed by atoms with Crippen LogP contribution in [0.2, 0.25) is 0 Å². The fraction of sp³-hybridized carbons (Fsp3) is 0.189. The molecule has 0 aliphatic carbocycles. The molecule has 4 aromatic carbocycles. The van der Waals surface area contributed by atoms with Crippen molar-refractivity contribution in [2.75, 3.05) is 50.6 Å². The molecular weight excluding hydrogens is 679 g/mol. The van der Waals surface area contributed by atoms with Crippen molar-refractivity contribution >= 4 is 44.3 Å². The van der Waals surface area contributed by atoms with E-state index in [1.165, 1.54) is 43.4 Å². The molecule has 14 heteroatoms. The number of amidine groups is 1. The lowest BCUT2D eigenvalue weighted by Crippen LogP contribution is -2.50. The molecule has 1 aromatic heterocycles. The number of carbonyl (C=O) groups is 2. The van der Waals surface area contributed by atoms with E-state index in [1.807, 2.05) is 41.4 Å². The number of nitriles is 1. The van der Waals surface area contributed by atoms with Gasteiger partial charge in [0.2, 0.25) is 16.2 Å². The van der Waals surface area contributed by atoms with Crippen LogP contribution in [-0.4, -0.2) is 82.1 Å².